The van der Waals surface area contributed by atoms with Crippen LogP contribution >= 0.6 is 34.5 Å². The molecule has 1 saturated heterocycles. The summed E-state index contributed by atoms with van der Waals surface area (Å²) in [6.45, 7) is 4.15. The molecule has 23 heavy (non-hydrogen) atoms. The van der Waals surface area contributed by atoms with Crippen LogP contribution in [0.15, 0.2) is 18.2 Å². The predicted octanol–water partition coefficient (Wildman–Crippen LogP) is 4.75. The zero-order valence-corrected chi connectivity index (χ0v) is 15.2. The van der Waals surface area contributed by atoms with E-state index in [1.807, 2.05) is 12.1 Å². The van der Waals surface area contributed by atoms with Crippen LogP contribution in [0.1, 0.15) is 36.5 Å². The Bertz CT molecular complexity index is 820. The van der Waals surface area contributed by atoms with Gasteiger partial charge in [-0.1, -0.05) is 18.5 Å². The average Bonchev–Trinajstić information content (AvgIpc) is 3.21. The Kier molecular flexibility index (Phi) is 4.22. The molecule has 2 aromatic heterocycles. The summed E-state index contributed by atoms with van der Waals surface area (Å²) >= 11 is 9.38. The fourth-order valence-corrected chi connectivity index (χ4v) is 5.01. The van der Waals surface area contributed by atoms with Gasteiger partial charge in [0, 0.05) is 42.0 Å². The van der Waals surface area contributed by atoms with E-state index < -0.39 is 0 Å². The smallest absolute Gasteiger partial charge is 0.205 e. The van der Waals surface area contributed by atoms with Gasteiger partial charge in [0.25, 0.3) is 0 Å². The average molecular weight is 365 g/mol. The third-order valence-electron chi connectivity index (χ3n) is 4.25. The Hall–Kier alpha value is -1.24. The van der Waals surface area contributed by atoms with Gasteiger partial charge in [-0.15, -0.1) is 11.3 Å². The van der Waals surface area contributed by atoms with Crippen LogP contribution in [0.25, 0.3) is 10.2 Å². The van der Waals surface area contributed by atoms with Crippen LogP contribution in [0.3, 0.4) is 0 Å². The van der Waals surface area contributed by atoms with Gasteiger partial charge in [0.2, 0.25) is 5.13 Å². The molecule has 0 aliphatic carbocycles. The molecule has 0 unspecified atom stereocenters. The molecule has 1 aliphatic heterocycles. The summed E-state index contributed by atoms with van der Waals surface area (Å²) in [6, 6.07) is 5.97. The second-order valence-electron chi connectivity index (χ2n) is 5.77. The molecule has 0 saturated carbocycles. The SMILES string of the molecule is CCc1nsc(N2CCC(c3nc4cc(Cl)ccc4s3)CC2)n1. The molecular weight excluding hydrogens is 348 g/mol. The summed E-state index contributed by atoms with van der Waals surface area (Å²) in [4.78, 5) is 11.8. The predicted molar refractivity (Wildman–Crippen MR) is 98.1 cm³/mol. The van der Waals surface area contributed by atoms with E-state index >= 15 is 0 Å². The number of thiazole rings is 1. The lowest BCUT2D eigenvalue weighted by Crippen LogP contribution is -2.32. The highest BCUT2D eigenvalue weighted by molar-refractivity contribution is 7.18. The minimum atomic E-state index is 0.543. The molecule has 4 rings (SSSR count). The minimum Gasteiger partial charge on any atom is -0.347 e. The molecule has 120 valence electrons. The topological polar surface area (TPSA) is 41.9 Å². The summed E-state index contributed by atoms with van der Waals surface area (Å²) in [5.74, 6) is 1.50. The molecular formula is C16H17ClN4S2. The van der Waals surface area contributed by atoms with E-state index in [2.05, 4.69) is 27.2 Å². The molecule has 3 aromatic rings. The number of anilines is 1. The number of nitrogens with zero attached hydrogens (tertiary/aromatic N) is 4. The molecule has 3 heterocycles. The lowest BCUT2D eigenvalue weighted by atomic mass is 9.98. The Morgan fingerprint density at radius 1 is 1.26 bits per heavy atom. The Morgan fingerprint density at radius 3 is 2.83 bits per heavy atom. The van der Waals surface area contributed by atoms with Crippen molar-refractivity contribution in [3.05, 3.63) is 34.1 Å². The van der Waals surface area contributed by atoms with Gasteiger partial charge < -0.3 is 4.90 Å². The van der Waals surface area contributed by atoms with Gasteiger partial charge in [0.05, 0.1) is 15.2 Å². The highest BCUT2D eigenvalue weighted by Crippen LogP contribution is 2.35. The summed E-state index contributed by atoms with van der Waals surface area (Å²) in [7, 11) is 0. The number of rotatable bonds is 3. The highest BCUT2D eigenvalue weighted by atomic mass is 35.5. The second-order valence-corrected chi connectivity index (χ2v) is 8.00. The van der Waals surface area contributed by atoms with Crippen molar-refractivity contribution >= 4 is 49.8 Å². The van der Waals surface area contributed by atoms with Crippen molar-refractivity contribution in [2.45, 2.75) is 32.1 Å². The lowest BCUT2D eigenvalue weighted by molar-refractivity contribution is 0.503. The van der Waals surface area contributed by atoms with Gasteiger partial charge in [-0.25, -0.2) is 9.97 Å². The van der Waals surface area contributed by atoms with Crippen molar-refractivity contribution in [3.63, 3.8) is 0 Å². The van der Waals surface area contributed by atoms with E-state index in [0.717, 1.165) is 53.8 Å². The van der Waals surface area contributed by atoms with Gasteiger partial charge in [0.15, 0.2) is 0 Å². The number of fused-ring (bicyclic) bond motifs is 1. The first-order valence-corrected chi connectivity index (χ1v) is 9.83. The maximum Gasteiger partial charge on any atom is 0.205 e. The number of benzene rings is 1. The van der Waals surface area contributed by atoms with E-state index in [-0.39, 0.29) is 0 Å². The first kappa shape index (κ1) is 15.3. The molecule has 0 amide bonds. The van der Waals surface area contributed by atoms with Crippen molar-refractivity contribution < 1.29 is 0 Å². The standard InChI is InChI=1S/C16H17ClN4S2/c1-2-14-19-16(23-20-14)21-7-5-10(6-8-21)15-18-12-9-11(17)3-4-13(12)22-15/h3-4,9-10H,2,5-8H2,1H3. The largest absolute Gasteiger partial charge is 0.347 e. The third kappa shape index (κ3) is 3.07. The lowest BCUT2D eigenvalue weighted by Gasteiger charge is -2.30. The summed E-state index contributed by atoms with van der Waals surface area (Å²) in [5, 5.41) is 3.07. The number of piperidine rings is 1. The van der Waals surface area contributed by atoms with E-state index in [1.165, 1.54) is 21.2 Å². The first-order chi connectivity index (χ1) is 11.2. The van der Waals surface area contributed by atoms with E-state index in [4.69, 9.17) is 16.6 Å². The van der Waals surface area contributed by atoms with Crippen molar-refractivity contribution in [1.82, 2.24) is 14.3 Å². The molecule has 0 spiro atoms. The Labute approximate surface area is 148 Å². The number of hydrogen-bond acceptors (Lipinski definition) is 6. The number of hydrogen-bond donors (Lipinski definition) is 0. The van der Waals surface area contributed by atoms with Crippen molar-refractivity contribution in [2.24, 2.45) is 0 Å². The quantitative estimate of drug-likeness (QED) is 0.672. The fraction of sp³-hybridized carbons (Fsp3) is 0.438. The van der Waals surface area contributed by atoms with E-state index in [1.54, 1.807) is 11.3 Å². The summed E-state index contributed by atoms with van der Waals surface area (Å²) in [6.07, 6.45) is 3.14. The first-order valence-electron chi connectivity index (χ1n) is 7.86. The second kappa shape index (κ2) is 6.34. The van der Waals surface area contributed by atoms with Crippen molar-refractivity contribution in [3.8, 4) is 0 Å². The van der Waals surface area contributed by atoms with Crippen LogP contribution in [-0.2, 0) is 6.42 Å². The van der Waals surface area contributed by atoms with E-state index in [9.17, 15) is 0 Å². The third-order valence-corrected chi connectivity index (χ3v) is 6.50. The molecule has 0 bridgehead atoms. The van der Waals surface area contributed by atoms with Crippen molar-refractivity contribution in [2.75, 3.05) is 18.0 Å². The monoisotopic (exact) mass is 364 g/mol. The minimum absolute atomic E-state index is 0.543. The van der Waals surface area contributed by atoms with Crippen LogP contribution in [0.2, 0.25) is 5.02 Å². The molecule has 1 aliphatic rings. The highest BCUT2D eigenvalue weighted by Gasteiger charge is 2.25. The van der Waals surface area contributed by atoms with Crippen LogP contribution in [0.4, 0.5) is 5.13 Å². The Morgan fingerprint density at radius 2 is 2.09 bits per heavy atom. The molecule has 0 atom stereocenters. The zero-order chi connectivity index (χ0) is 15.8. The number of halogens is 1. The fourth-order valence-electron chi connectivity index (χ4n) is 2.93. The van der Waals surface area contributed by atoms with Gasteiger partial charge in [-0.2, -0.15) is 4.37 Å². The normalized spacial score (nSPS) is 16.3. The van der Waals surface area contributed by atoms with Crippen LogP contribution in [0.5, 0.6) is 0 Å². The number of aromatic nitrogens is 3. The van der Waals surface area contributed by atoms with Crippen LogP contribution in [0, 0.1) is 0 Å². The molecule has 1 fully saturated rings. The molecule has 4 nitrogen and oxygen atoms in total. The van der Waals surface area contributed by atoms with Crippen LogP contribution < -0.4 is 4.90 Å². The Balaban J connectivity index is 1.47. The van der Waals surface area contributed by atoms with E-state index in [0.29, 0.717) is 5.92 Å². The van der Waals surface area contributed by atoms with Gasteiger partial charge in [-0.05, 0) is 31.0 Å². The van der Waals surface area contributed by atoms with Gasteiger partial charge in [0.1, 0.15) is 5.82 Å². The maximum atomic E-state index is 6.06. The van der Waals surface area contributed by atoms with Gasteiger partial charge in [-0.3, -0.25) is 0 Å². The van der Waals surface area contributed by atoms with Gasteiger partial charge >= 0.3 is 0 Å². The summed E-state index contributed by atoms with van der Waals surface area (Å²) < 4.78 is 5.62. The maximum absolute atomic E-state index is 6.06. The van der Waals surface area contributed by atoms with Crippen LogP contribution in [-0.4, -0.2) is 27.4 Å². The zero-order valence-electron chi connectivity index (χ0n) is 12.8. The molecule has 0 N–H and O–H groups in total. The van der Waals surface area contributed by atoms with Crippen molar-refractivity contribution in [1.29, 1.82) is 0 Å². The summed E-state index contributed by atoms with van der Waals surface area (Å²) in [5.41, 5.74) is 1.02. The number of aryl methyl sites for hydroxylation is 1. The molecule has 0 radical (unpaired) electrons. The molecule has 7 heteroatoms. The molecule has 1 aromatic carbocycles.